The summed E-state index contributed by atoms with van der Waals surface area (Å²) in [6.07, 6.45) is 1.02. The van der Waals surface area contributed by atoms with Crippen LogP contribution in [0.15, 0.2) is 24.3 Å². The lowest BCUT2D eigenvalue weighted by Crippen LogP contribution is -2.45. The van der Waals surface area contributed by atoms with Crippen molar-refractivity contribution in [2.45, 2.75) is 58.6 Å². The van der Waals surface area contributed by atoms with Crippen LogP contribution in [0.1, 0.15) is 46.1 Å². The third-order valence-corrected chi connectivity index (χ3v) is 3.30. The largest absolute Gasteiger partial charge is 0.464 e. The van der Waals surface area contributed by atoms with Crippen molar-refractivity contribution in [2.75, 3.05) is 6.61 Å². The van der Waals surface area contributed by atoms with Crippen molar-refractivity contribution in [3.8, 4) is 0 Å². The van der Waals surface area contributed by atoms with Gasteiger partial charge < -0.3 is 14.8 Å². The van der Waals surface area contributed by atoms with Crippen molar-refractivity contribution in [1.29, 1.82) is 0 Å². The minimum atomic E-state index is -0.942. The fourth-order valence-corrected chi connectivity index (χ4v) is 2.05. The first kappa shape index (κ1) is 21.4. The lowest BCUT2D eigenvalue weighted by atomic mass is 10.1. The van der Waals surface area contributed by atoms with E-state index in [4.69, 9.17) is 9.47 Å². The van der Waals surface area contributed by atoms with Gasteiger partial charge in [0.15, 0.2) is 0 Å². The molecule has 0 unspecified atom stereocenters. The average molecular weight is 366 g/mol. The van der Waals surface area contributed by atoms with E-state index >= 15 is 0 Å². The second-order valence-electron chi connectivity index (χ2n) is 6.85. The summed E-state index contributed by atoms with van der Waals surface area (Å²) in [5, 5.41) is 13.2. The standard InChI is InChI=1S/C18H26N2O6/c1-5-6-11-25-16(21)15(19-17(22)26-18(2,3)4)12-13-7-9-14(10-8-13)20(23)24/h7-10,15H,5-6,11-12H2,1-4H3,(H,19,22)/t15-/m0/s1. The molecular formula is C18H26N2O6. The summed E-state index contributed by atoms with van der Waals surface area (Å²) in [5.41, 5.74) is -0.0892. The molecule has 0 spiro atoms. The summed E-state index contributed by atoms with van der Waals surface area (Å²) in [6.45, 7) is 7.40. The zero-order valence-electron chi connectivity index (χ0n) is 15.6. The number of benzene rings is 1. The molecule has 8 heteroatoms. The molecule has 0 bridgehead atoms. The van der Waals surface area contributed by atoms with Crippen LogP contribution in [0.3, 0.4) is 0 Å². The van der Waals surface area contributed by atoms with Gasteiger partial charge in [0.25, 0.3) is 5.69 Å². The molecule has 144 valence electrons. The van der Waals surface area contributed by atoms with Crippen LogP contribution < -0.4 is 5.32 Å². The van der Waals surface area contributed by atoms with E-state index in [1.165, 1.54) is 12.1 Å². The highest BCUT2D eigenvalue weighted by molar-refractivity contribution is 5.81. The summed E-state index contributed by atoms with van der Waals surface area (Å²) >= 11 is 0. The van der Waals surface area contributed by atoms with Gasteiger partial charge >= 0.3 is 12.1 Å². The van der Waals surface area contributed by atoms with E-state index < -0.39 is 28.6 Å². The van der Waals surface area contributed by atoms with Crippen molar-refractivity contribution < 1.29 is 24.0 Å². The summed E-state index contributed by atoms with van der Waals surface area (Å²) in [5.74, 6) is -0.567. The number of nitrogens with zero attached hydrogens (tertiary/aromatic N) is 1. The maximum Gasteiger partial charge on any atom is 0.408 e. The number of nitrogens with one attached hydrogen (secondary N) is 1. The Morgan fingerprint density at radius 2 is 1.85 bits per heavy atom. The number of nitro benzene ring substituents is 1. The number of nitro groups is 1. The van der Waals surface area contributed by atoms with Crippen molar-refractivity contribution >= 4 is 17.7 Å². The van der Waals surface area contributed by atoms with Gasteiger partial charge in [-0.25, -0.2) is 9.59 Å². The number of amides is 1. The van der Waals surface area contributed by atoms with E-state index in [9.17, 15) is 19.7 Å². The van der Waals surface area contributed by atoms with E-state index in [0.717, 1.165) is 12.8 Å². The summed E-state index contributed by atoms with van der Waals surface area (Å²) < 4.78 is 10.4. The van der Waals surface area contributed by atoms with E-state index in [1.54, 1.807) is 32.9 Å². The second-order valence-corrected chi connectivity index (χ2v) is 6.85. The summed E-state index contributed by atoms with van der Waals surface area (Å²) in [4.78, 5) is 34.5. The van der Waals surface area contributed by atoms with Crippen molar-refractivity contribution in [2.24, 2.45) is 0 Å². The Labute approximate surface area is 153 Å². The summed E-state index contributed by atoms with van der Waals surface area (Å²) in [7, 11) is 0. The maximum atomic E-state index is 12.3. The molecule has 0 saturated heterocycles. The molecule has 0 heterocycles. The monoisotopic (exact) mass is 366 g/mol. The molecule has 0 radical (unpaired) electrons. The topological polar surface area (TPSA) is 108 Å². The van der Waals surface area contributed by atoms with Gasteiger partial charge in [-0.2, -0.15) is 0 Å². The molecule has 1 rings (SSSR count). The number of hydrogen-bond donors (Lipinski definition) is 1. The molecule has 1 aromatic rings. The predicted octanol–water partition coefficient (Wildman–Crippen LogP) is 3.37. The number of rotatable bonds is 8. The molecule has 8 nitrogen and oxygen atoms in total. The van der Waals surface area contributed by atoms with Crippen molar-refractivity contribution in [1.82, 2.24) is 5.32 Å². The molecule has 1 N–H and O–H groups in total. The fraction of sp³-hybridized carbons (Fsp3) is 0.556. The molecule has 26 heavy (non-hydrogen) atoms. The number of unbranched alkanes of at least 4 members (excludes halogenated alkanes) is 1. The zero-order chi connectivity index (χ0) is 19.7. The Kier molecular flexibility index (Phi) is 8.02. The Hall–Kier alpha value is -2.64. The Morgan fingerprint density at radius 3 is 2.35 bits per heavy atom. The van der Waals surface area contributed by atoms with Crippen LogP contribution >= 0.6 is 0 Å². The third kappa shape index (κ3) is 7.96. The number of alkyl carbamates (subject to hydrolysis) is 1. The first-order valence-electron chi connectivity index (χ1n) is 8.52. The van der Waals surface area contributed by atoms with Crippen LogP contribution in [0.25, 0.3) is 0 Å². The van der Waals surface area contributed by atoms with Gasteiger partial charge in [0.05, 0.1) is 11.5 Å². The van der Waals surface area contributed by atoms with Gasteiger partial charge in [0, 0.05) is 18.6 Å². The highest BCUT2D eigenvalue weighted by Gasteiger charge is 2.26. The van der Waals surface area contributed by atoms with Gasteiger partial charge in [-0.3, -0.25) is 10.1 Å². The molecule has 0 aliphatic rings. The first-order chi connectivity index (χ1) is 12.1. The first-order valence-corrected chi connectivity index (χ1v) is 8.52. The molecular weight excluding hydrogens is 340 g/mol. The van der Waals surface area contributed by atoms with E-state index in [2.05, 4.69) is 5.32 Å². The lowest BCUT2D eigenvalue weighted by Gasteiger charge is -2.23. The number of carbonyl (C=O) groups excluding carboxylic acids is 2. The SMILES string of the molecule is CCCCOC(=O)[C@H](Cc1ccc([N+](=O)[O-])cc1)NC(=O)OC(C)(C)C. The minimum absolute atomic E-state index is 0.0454. The average Bonchev–Trinajstić information content (AvgIpc) is 2.53. The van der Waals surface area contributed by atoms with E-state index in [0.29, 0.717) is 5.56 Å². The van der Waals surface area contributed by atoms with Gasteiger partial charge in [-0.05, 0) is 32.8 Å². The zero-order valence-corrected chi connectivity index (χ0v) is 15.6. The van der Waals surface area contributed by atoms with Gasteiger partial charge in [0.2, 0.25) is 0 Å². The Morgan fingerprint density at radius 1 is 1.23 bits per heavy atom. The normalized spacial score (nSPS) is 12.2. The molecule has 1 amide bonds. The Bertz CT molecular complexity index is 622. The highest BCUT2D eigenvalue weighted by atomic mass is 16.6. The van der Waals surface area contributed by atoms with E-state index in [1.807, 2.05) is 6.92 Å². The van der Waals surface area contributed by atoms with Crippen molar-refractivity contribution in [3.63, 3.8) is 0 Å². The maximum absolute atomic E-state index is 12.3. The van der Waals surface area contributed by atoms with Crippen LogP contribution in [0.4, 0.5) is 10.5 Å². The fourth-order valence-electron chi connectivity index (χ4n) is 2.05. The number of hydrogen-bond acceptors (Lipinski definition) is 6. The van der Waals surface area contributed by atoms with E-state index in [-0.39, 0.29) is 18.7 Å². The number of esters is 1. The van der Waals surface area contributed by atoms with Crippen LogP contribution in [0.2, 0.25) is 0 Å². The third-order valence-electron chi connectivity index (χ3n) is 3.30. The molecule has 1 atom stereocenters. The molecule has 1 aromatic carbocycles. The van der Waals surface area contributed by atoms with Crippen LogP contribution in [0.5, 0.6) is 0 Å². The van der Waals surface area contributed by atoms with Crippen LogP contribution in [-0.4, -0.2) is 35.2 Å². The quantitative estimate of drug-likeness (QED) is 0.327. The molecule has 0 aliphatic heterocycles. The molecule has 0 saturated carbocycles. The molecule has 0 fully saturated rings. The van der Waals surface area contributed by atoms with Gasteiger partial charge in [0.1, 0.15) is 11.6 Å². The number of non-ortho nitro benzene ring substituents is 1. The molecule has 0 aliphatic carbocycles. The molecule has 0 aromatic heterocycles. The lowest BCUT2D eigenvalue weighted by molar-refractivity contribution is -0.384. The number of ether oxygens (including phenoxy) is 2. The van der Waals surface area contributed by atoms with Gasteiger partial charge in [-0.1, -0.05) is 25.5 Å². The van der Waals surface area contributed by atoms with Crippen LogP contribution in [-0.2, 0) is 20.7 Å². The highest BCUT2D eigenvalue weighted by Crippen LogP contribution is 2.14. The predicted molar refractivity (Wildman–Crippen MR) is 95.8 cm³/mol. The second kappa shape index (κ2) is 9.74. The van der Waals surface area contributed by atoms with Crippen LogP contribution in [0, 0.1) is 10.1 Å². The Balaban J connectivity index is 2.83. The van der Waals surface area contributed by atoms with Crippen molar-refractivity contribution in [3.05, 3.63) is 39.9 Å². The minimum Gasteiger partial charge on any atom is -0.464 e. The smallest absolute Gasteiger partial charge is 0.408 e. The van der Waals surface area contributed by atoms with Gasteiger partial charge in [-0.15, -0.1) is 0 Å². The number of carbonyl (C=O) groups is 2. The summed E-state index contributed by atoms with van der Waals surface area (Å²) in [6, 6.07) is 4.84.